The van der Waals surface area contributed by atoms with E-state index in [-0.39, 0.29) is 18.0 Å². The molecule has 1 spiro atoms. The fourth-order valence-corrected chi connectivity index (χ4v) is 5.10. The number of hydrogen-bond acceptors (Lipinski definition) is 7. The number of halogens is 1. The lowest BCUT2D eigenvalue weighted by Crippen LogP contribution is -2.42. The van der Waals surface area contributed by atoms with Crippen molar-refractivity contribution in [3.63, 3.8) is 0 Å². The quantitative estimate of drug-likeness (QED) is 0.458. The van der Waals surface area contributed by atoms with Crippen molar-refractivity contribution in [3.8, 4) is 0 Å². The van der Waals surface area contributed by atoms with Gasteiger partial charge in [-0.15, -0.1) is 12.4 Å². The van der Waals surface area contributed by atoms with Gasteiger partial charge in [0, 0.05) is 69.6 Å². The van der Waals surface area contributed by atoms with E-state index in [0.29, 0.717) is 11.4 Å². The molecule has 32 heavy (non-hydrogen) atoms. The number of carbonyl (C=O) groups is 1. The molecule has 1 amide bonds. The number of piperidine rings is 1. The summed E-state index contributed by atoms with van der Waals surface area (Å²) in [5.41, 5.74) is 4.78. The van der Waals surface area contributed by atoms with Crippen molar-refractivity contribution in [2.24, 2.45) is 12.5 Å². The normalized spacial score (nSPS) is 18.1. The zero-order chi connectivity index (χ0) is 21.4. The van der Waals surface area contributed by atoms with Crippen molar-refractivity contribution in [2.75, 3.05) is 31.1 Å². The van der Waals surface area contributed by atoms with E-state index in [4.69, 9.17) is 5.21 Å². The van der Waals surface area contributed by atoms with E-state index in [2.05, 4.69) is 48.6 Å². The second-order valence-electron chi connectivity index (χ2n) is 8.82. The van der Waals surface area contributed by atoms with Gasteiger partial charge in [-0.25, -0.2) is 15.4 Å². The average Bonchev–Trinajstić information content (AvgIpc) is 3.35. The fraction of sp³-hybridized carbons (Fsp3) is 0.455. The van der Waals surface area contributed by atoms with Crippen molar-refractivity contribution in [2.45, 2.75) is 25.8 Å². The molecule has 2 saturated heterocycles. The number of hydroxylamine groups is 1. The minimum absolute atomic E-state index is 0. The highest BCUT2D eigenvalue weighted by Crippen LogP contribution is 2.41. The molecule has 3 aromatic heterocycles. The van der Waals surface area contributed by atoms with Crippen LogP contribution in [0.4, 0.5) is 5.95 Å². The maximum absolute atomic E-state index is 11.4. The van der Waals surface area contributed by atoms with Gasteiger partial charge in [0.25, 0.3) is 5.91 Å². The lowest BCUT2D eigenvalue weighted by atomic mass is 9.78. The van der Waals surface area contributed by atoms with Gasteiger partial charge < -0.3 is 9.47 Å². The van der Waals surface area contributed by atoms with Crippen molar-refractivity contribution in [1.82, 2.24) is 29.9 Å². The van der Waals surface area contributed by atoms with Crippen LogP contribution in [0.2, 0.25) is 0 Å². The van der Waals surface area contributed by atoms with Crippen LogP contribution in [0.15, 0.2) is 37.1 Å². The molecule has 2 aliphatic heterocycles. The highest BCUT2D eigenvalue weighted by atomic mass is 35.5. The lowest BCUT2D eigenvalue weighted by molar-refractivity contribution is 0.0705. The summed E-state index contributed by atoms with van der Waals surface area (Å²) >= 11 is 0. The summed E-state index contributed by atoms with van der Waals surface area (Å²) in [5, 5.41) is 9.96. The van der Waals surface area contributed by atoms with E-state index in [1.165, 1.54) is 35.3 Å². The lowest BCUT2D eigenvalue weighted by Gasteiger charge is -2.39. The largest absolute Gasteiger partial charge is 0.350 e. The molecule has 0 saturated carbocycles. The average molecular weight is 458 g/mol. The van der Waals surface area contributed by atoms with Gasteiger partial charge in [-0.1, -0.05) is 0 Å². The van der Waals surface area contributed by atoms with Crippen molar-refractivity contribution < 1.29 is 10.0 Å². The molecule has 3 aromatic rings. The molecular weight excluding hydrogens is 430 g/mol. The van der Waals surface area contributed by atoms with Crippen LogP contribution in [-0.2, 0) is 13.6 Å². The summed E-state index contributed by atoms with van der Waals surface area (Å²) in [4.78, 5) is 29.2. The summed E-state index contributed by atoms with van der Waals surface area (Å²) in [6.07, 6.45) is 12.4. The number of hydrogen-bond donors (Lipinski definition) is 2. The third-order valence-corrected chi connectivity index (χ3v) is 6.89. The smallest absolute Gasteiger partial charge is 0.277 e. The molecular formula is C22H28ClN7O2. The summed E-state index contributed by atoms with van der Waals surface area (Å²) in [6, 6.07) is 2.07. The van der Waals surface area contributed by atoms with E-state index >= 15 is 0 Å². The zero-order valence-corrected chi connectivity index (χ0v) is 18.9. The van der Waals surface area contributed by atoms with E-state index in [1.807, 2.05) is 12.4 Å². The number of nitrogens with one attached hydrogen (secondary N) is 1. The molecule has 9 nitrogen and oxygen atoms in total. The predicted molar refractivity (Wildman–Crippen MR) is 123 cm³/mol. The minimum atomic E-state index is -0.600. The van der Waals surface area contributed by atoms with Crippen LogP contribution in [0.25, 0.3) is 10.9 Å². The van der Waals surface area contributed by atoms with E-state index in [0.717, 1.165) is 45.6 Å². The highest BCUT2D eigenvalue weighted by molar-refractivity contribution is 5.92. The molecule has 0 bridgehead atoms. The topological polar surface area (TPSA) is 99.4 Å². The number of aryl methyl sites for hydroxylation is 1. The Labute approximate surface area is 192 Å². The van der Waals surface area contributed by atoms with Crippen molar-refractivity contribution in [3.05, 3.63) is 48.2 Å². The Hall–Kier alpha value is -2.75. The van der Waals surface area contributed by atoms with Crippen LogP contribution in [-0.4, -0.2) is 61.7 Å². The first-order valence-corrected chi connectivity index (χ1v) is 10.7. The molecule has 2 N–H and O–H groups in total. The van der Waals surface area contributed by atoms with Gasteiger partial charge in [0.2, 0.25) is 5.95 Å². The first-order chi connectivity index (χ1) is 15.1. The SMILES string of the molecule is Cl.Cn1cc(CN2CCC3(CCN(c4ncc(C(=O)NO)cn4)CC3)C2)c2cnccc21. The number of amides is 1. The first kappa shape index (κ1) is 22.4. The van der Waals surface area contributed by atoms with Gasteiger partial charge >= 0.3 is 0 Å². The molecule has 2 fully saturated rings. The number of rotatable bonds is 4. The molecule has 0 atom stereocenters. The first-order valence-electron chi connectivity index (χ1n) is 10.7. The monoisotopic (exact) mass is 457 g/mol. The summed E-state index contributed by atoms with van der Waals surface area (Å²) in [6.45, 7) is 5.03. The Bertz CT molecular complexity index is 1090. The van der Waals surface area contributed by atoms with Gasteiger partial charge in [-0.05, 0) is 42.9 Å². The maximum Gasteiger partial charge on any atom is 0.277 e. The van der Waals surface area contributed by atoms with Gasteiger partial charge in [0.05, 0.1) is 11.1 Å². The Morgan fingerprint density at radius 1 is 1.16 bits per heavy atom. The number of nitrogens with zero attached hydrogens (tertiary/aromatic N) is 6. The van der Waals surface area contributed by atoms with Gasteiger partial charge in [-0.2, -0.15) is 0 Å². The predicted octanol–water partition coefficient (Wildman–Crippen LogP) is 2.40. The van der Waals surface area contributed by atoms with Crippen LogP contribution < -0.4 is 10.4 Å². The van der Waals surface area contributed by atoms with E-state index < -0.39 is 5.91 Å². The Morgan fingerprint density at radius 3 is 2.59 bits per heavy atom. The van der Waals surface area contributed by atoms with Gasteiger partial charge in [-0.3, -0.25) is 19.9 Å². The molecule has 170 valence electrons. The second kappa shape index (κ2) is 9.01. The second-order valence-corrected chi connectivity index (χ2v) is 8.82. The molecule has 2 aliphatic rings. The molecule has 0 aromatic carbocycles. The number of pyridine rings is 1. The molecule has 0 radical (unpaired) electrons. The fourth-order valence-electron chi connectivity index (χ4n) is 5.10. The minimum Gasteiger partial charge on any atom is -0.350 e. The highest BCUT2D eigenvalue weighted by Gasteiger charge is 2.41. The summed E-state index contributed by atoms with van der Waals surface area (Å²) in [7, 11) is 2.10. The van der Waals surface area contributed by atoms with Crippen LogP contribution in [0.3, 0.4) is 0 Å². The maximum atomic E-state index is 11.4. The Balaban J connectivity index is 0.00000245. The summed E-state index contributed by atoms with van der Waals surface area (Å²) < 4.78 is 2.19. The van der Waals surface area contributed by atoms with Crippen molar-refractivity contribution in [1.29, 1.82) is 0 Å². The van der Waals surface area contributed by atoms with E-state index in [1.54, 1.807) is 5.48 Å². The van der Waals surface area contributed by atoms with Gasteiger partial charge in [0.1, 0.15) is 0 Å². The Kier molecular flexibility index (Phi) is 6.32. The molecule has 0 unspecified atom stereocenters. The molecule has 5 heterocycles. The molecule has 5 rings (SSSR count). The van der Waals surface area contributed by atoms with Gasteiger partial charge in [0.15, 0.2) is 0 Å². The van der Waals surface area contributed by atoms with Crippen LogP contribution in [0.1, 0.15) is 35.2 Å². The summed E-state index contributed by atoms with van der Waals surface area (Å²) in [5.74, 6) is 0.0413. The zero-order valence-electron chi connectivity index (χ0n) is 18.1. The number of likely N-dealkylation sites (tertiary alicyclic amines) is 1. The number of aromatic nitrogens is 4. The van der Waals surface area contributed by atoms with E-state index in [9.17, 15) is 4.79 Å². The third-order valence-electron chi connectivity index (χ3n) is 6.89. The molecule has 10 heteroatoms. The van der Waals surface area contributed by atoms with Crippen LogP contribution in [0.5, 0.6) is 0 Å². The molecule has 0 aliphatic carbocycles. The number of anilines is 1. The number of carbonyl (C=O) groups excluding carboxylic acids is 1. The third kappa shape index (κ3) is 4.15. The Morgan fingerprint density at radius 2 is 1.88 bits per heavy atom. The number of fused-ring (bicyclic) bond motifs is 1. The van der Waals surface area contributed by atoms with Crippen molar-refractivity contribution >= 4 is 35.2 Å². The van der Waals surface area contributed by atoms with Crippen LogP contribution >= 0.6 is 12.4 Å². The van der Waals surface area contributed by atoms with Crippen LogP contribution in [0, 0.1) is 5.41 Å². The standard InChI is InChI=1S/C22H27N7O2.ClH/c1-27-13-17(18-12-23-6-2-19(18)27)14-28-7-3-22(15-28)4-8-29(9-5-22)21-24-10-16(11-25-21)20(30)26-31;/h2,6,10-13,31H,3-5,7-9,14-15H2,1H3,(H,26,30);1H.